The van der Waals surface area contributed by atoms with Crippen LogP contribution in [0.5, 0.6) is 0 Å². The molecular formula is C14H26N2O2S2. The van der Waals surface area contributed by atoms with Crippen molar-refractivity contribution in [3.63, 3.8) is 0 Å². The van der Waals surface area contributed by atoms with Gasteiger partial charge < -0.3 is 5.32 Å². The van der Waals surface area contributed by atoms with Crippen molar-refractivity contribution in [2.24, 2.45) is 5.41 Å². The van der Waals surface area contributed by atoms with Gasteiger partial charge >= 0.3 is 0 Å². The molecule has 4 nitrogen and oxygen atoms in total. The summed E-state index contributed by atoms with van der Waals surface area (Å²) in [6, 6.07) is 1.78. The molecule has 0 bridgehead atoms. The summed E-state index contributed by atoms with van der Waals surface area (Å²) in [7, 11) is -1.72. The smallest absolute Gasteiger partial charge is 0.252 e. The molecule has 0 radical (unpaired) electrons. The van der Waals surface area contributed by atoms with Gasteiger partial charge in [0.05, 0.1) is 0 Å². The van der Waals surface area contributed by atoms with Gasteiger partial charge in [0.2, 0.25) is 0 Å². The van der Waals surface area contributed by atoms with Crippen LogP contribution in [0.15, 0.2) is 10.3 Å². The third-order valence-corrected chi connectivity index (χ3v) is 6.38. The number of nitrogens with zero attached hydrogens (tertiary/aromatic N) is 1. The summed E-state index contributed by atoms with van der Waals surface area (Å²) in [5, 5.41) is 3.24. The first-order chi connectivity index (χ1) is 9.08. The molecule has 0 fully saturated rings. The molecule has 1 aromatic heterocycles. The Morgan fingerprint density at radius 2 is 1.95 bits per heavy atom. The second-order valence-electron chi connectivity index (χ2n) is 6.27. The lowest BCUT2D eigenvalue weighted by Crippen LogP contribution is -2.34. The van der Waals surface area contributed by atoms with Crippen LogP contribution < -0.4 is 5.32 Å². The first kappa shape index (κ1) is 17.6. The van der Waals surface area contributed by atoms with Gasteiger partial charge in [-0.05, 0) is 30.5 Å². The van der Waals surface area contributed by atoms with E-state index < -0.39 is 10.0 Å². The average Bonchev–Trinajstić information content (AvgIpc) is 2.66. The minimum absolute atomic E-state index is 0.0548. The first-order valence-corrected chi connectivity index (χ1v) is 9.10. The topological polar surface area (TPSA) is 49.4 Å². The minimum Gasteiger partial charge on any atom is -0.312 e. The summed E-state index contributed by atoms with van der Waals surface area (Å²) in [6.07, 6.45) is 0. The summed E-state index contributed by atoms with van der Waals surface area (Å²) >= 11 is 1.37. The molecule has 0 unspecified atom stereocenters. The Labute approximate surface area is 127 Å². The highest BCUT2D eigenvalue weighted by atomic mass is 32.2. The van der Waals surface area contributed by atoms with E-state index in [0.717, 1.165) is 23.5 Å². The number of aryl methyl sites for hydroxylation is 1. The zero-order valence-electron chi connectivity index (χ0n) is 13.3. The Balaban J connectivity index is 2.98. The number of rotatable bonds is 6. The van der Waals surface area contributed by atoms with Gasteiger partial charge in [-0.1, -0.05) is 27.7 Å². The fourth-order valence-corrected chi connectivity index (χ4v) is 5.10. The quantitative estimate of drug-likeness (QED) is 0.877. The molecule has 0 aromatic carbocycles. The average molecular weight is 319 g/mol. The SMILES string of the molecule is CCNCc1sc(S(=O)(=O)N(C)CC(C)(C)C)cc1C. The third-order valence-electron chi connectivity index (χ3n) is 2.90. The molecule has 6 heteroatoms. The van der Waals surface area contributed by atoms with Crippen molar-refractivity contribution in [2.75, 3.05) is 20.1 Å². The van der Waals surface area contributed by atoms with Crippen LogP contribution in [0.2, 0.25) is 0 Å². The van der Waals surface area contributed by atoms with Gasteiger partial charge in [-0.15, -0.1) is 11.3 Å². The van der Waals surface area contributed by atoms with E-state index in [1.54, 1.807) is 13.1 Å². The molecule has 1 aromatic rings. The van der Waals surface area contributed by atoms with E-state index in [9.17, 15) is 8.42 Å². The molecule has 0 aliphatic rings. The third kappa shape index (κ3) is 4.55. The zero-order valence-corrected chi connectivity index (χ0v) is 14.9. The standard InChI is InChI=1S/C14H26N2O2S2/c1-7-15-9-12-11(2)8-13(19-12)20(17,18)16(6)10-14(3,4)5/h8,15H,7,9-10H2,1-6H3. The van der Waals surface area contributed by atoms with E-state index in [2.05, 4.69) is 5.32 Å². The Morgan fingerprint density at radius 3 is 2.45 bits per heavy atom. The molecule has 0 spiro atoms. The number of sulfonamides is 1. The fraction of sp³-hybridized carbons (Fsp3) is 0.714. The Morgan fingerprint density at radius 1 is 1.35 bits per heavy atom. The summed E-state index contributed by atoms with van der Waals surface area (Å²) in [4.78, 5) is 1.09. The maximum Gasteiger partial charge on any atom is 0.252 e. The van der Waals surface area contributed by atoms with Crippen LogP contribution in [-0.2, 0) is 16.6 Å². The Hall–Kier alpha value is -0.430. The van der Waals surface area contributed by atoms with Gasteiger partial charge in [-0.2, -0.15) is 4.31 Å². The zero-order chi connectivity index (χ0) is 15.6. The van der Waals surface area contributed by atoms with Crippen LogP contribution in [0.25, 0.3) is 0 Å². The van der Waals surface area contributed by atoms with E-state index in [-0.39, 0.29) is 5.41 Å². The number of thiophene rings is 1. The molecule has 0 aliphatic carbocycles. The molecule has 116 valence electrons. The molecule has 0 atom stereocenters. The van der Waals surface area contributed by atoms with Crippen molar-refractivity contribution < 1.29 is 8.42 Å². The monoisotopic (exact) mass is 318 g/mol. The van der Waals surface area contributed by atoms with Gasteiger partial charge in [0.15, 0.2) is 0 Å². The fourth-order valence-electron chi connectivity index (χ4n) is 1.94. The van der Waals surface area contributed by atoms with Crippen LogP contribution in [0, 0.1) is 12.3 Å². The second kappa shape index (κ2) is 6.56. The highest BCUT2D eigenvalue weighted by molar-refractivity contribution is 7.91. The van der Waals surface area contributed by atoms with Crippen molar-refractivity contribution in [3.05, 3.63) is 16.5 Å². The molecule has 0 saturated heterocycles. The van der Waals surface area contributed by atoms with E-state index in [1.807, 2.05) is 34.6 Å². The van der Waals surface area contributed by atoms with Gasteiger partial charge in [0, 0.05) is 25.0 Å². The van der Waals surface area contributed by atoms with Crippen LogP contribution in [-0.4, -0.2) is 32.9 Å². The van der Waals surface area contributed by atoms with Crippen LogP contribution in [0.1, 0.15) is 38.1 Å². The number of hydrogen-bond acceptors (Lipinski definition) is 4. The van der Waals surface area contributed by atoms with Crippen molar-refractivity contribution in [1.82, 2.24) is 9.62 Å². The first-order valence-electron chi connectivity index (χ1n) is 6.84. The lowest BCUT2D eigenvalue weighted by atomic mass is 9.97. The van der Waals surface area contributed by atoms with Gasteiger partial charge in [-0.25, -0.2) is 8.42 Å². The van der Waals surface area contributed by atoms with E-state index in [0.29, 0.717) is 10.8 Å². The van der Waals surface area contributed by atoms with E-state index in [1.165, 1.54) is 15.6 Å². The van der Waals surface area contributed by atoms with Crippen molar-refractivity contribution >= 4 is 21.4 Å². The van der Waals surface area contributed by atoms with Crippen molar-refractivity contribution in [2.45, 2.75) is 45.4 Å². The van der Waals surface area contributed by atoms with Crippen LogP contribution >= 0.6 is 11.3 Å². The minimum atomic E-state index is -3.37. The predicted octanol–water partition coefficient (Wildman–Crippen LogP) is 2.83. The molecule has 1 rings (SSSR count). The summed E-state index contributed by atoms with van der Waals surface area (Å²) in [5.41, 5.74) is 0.986. The molecule has 0 aliphatic heterocycles. The van der Waals surface area contributed by atoms with Crippen LogP contribution in [0.3, 0.4) is 0 Å². The number of hydrogen-bond donors (Lipinski definition) is 1. The Bertz CT molecular complexity index is 542. The normalized spacial score (nSPS) is 13.2. The molecule has 20 heavy (non-hydrogen) atoms. The second-order valence-corrected chi connectivity index (χ2v) is 9.68. The maximum atomic E-state index is 12.6. The summed E-state index contributed by atoms with van der Waals surface area (Å²) in [6.45, 7) is 12.2. The number of nitrogens with one attached hydrogen (secondary N) is 1. The molecule has 1 heterocycles. The van der Waals surface area contributed by atoms with Crippen molar-refractivity contribution in [3.8, 4) is 0 Å². The molecule has 1 N–H and O–H groups in total. The molecule has 0 saturated carbocycles. The predicted molar refractivity (Wildman–Crippen MR) is 85.7 cm³/mol. The van der Waals surface area contributed by atoms with Gasteiger partial charge in [-0.3, -0.25) is 0 Å². The highest BCUT2D eigenvalue weighted by Crippen LogP contribution is 2.29. The lowest BCUT2D eigenvalue weighted by Gasteiger charge is -2.25. The molecule has 0 amide bonds. The Kier molecular flexibility index (Phi) is 5.78. The maximum absolute atomic E-state index is 12.6. The van der Waals surface area contributed by atoms with E-state index >= 15 is 0 Å². The summed E-state index contributed by atoms with van der Waals surface area (Å²) < 4.78 is 27.0. The highest BCUT2D eigenvalue weighted by Gasteiger charge is 2.27. The van der Waals surface area contributed by atoms with Crippen LogP contribution in [0.4, 0.5) is 0 Å². The van der Waals surface area contributed by atoms with Gasteiger partial charge in [0.1, 0.15) is 4.21 Å². The van der Waals surface area contributed by atoms with Gasteiger partial charge in [0.25, 0.3) is 10.0 Å². The largest absolute Gasteiger partial charge is 0.312 e. The van der Waals surface area contributed by atoms with Crippen molar-refractivity contribution in [1.29, 1.82) is 0 Å². The summed E-state index contributed by atoms with van der Waals surface area (Å²) in [5.74, 6) is 0. The van der Waals surface area contributed by atoms with E-state index in [4.69, 9.17) is 0 Å². The lowest BCUT2D eigenvalue weighted by molar-refractivity contribution is 0.311. The molecular weight excluding hydrogens is 292 g/mol.